The highest BCUT2D eigenvalue weighted by atomic mass is 16.2. The van der Waals surface area contributed by atoms with E-state index in [-0.39, 0.29) is 5.91 Å². The first-order valence-electron chi connectivity index (χ1n) is 4.36. The van der Waals surface area contributed by atoms with Crippen molar-refractivity contribution < 1.29 is 4.79 Å². The summed E-state index contributed by atoms with van der Waals surface area (Å²) in [6.45, 7) is 2.99. The van der Waals surface area contributed by atoms with E-state index in [4.69, 9.17) is 0 Å². The summed E-state index contributed by atoms with van der Waals surface area (Å²) >= 11 is 0. The lowest BCUT2D eigenvalue weighted by molar-refractivity contribution is -0.127. The molecule has 0 unspecified atom stereocenters. The Balaban J connectivity index is 2.56. The maximum absolute atomic E-state index is 11.5. The zero-order valence-electron chi connectivity index (χ0n) is 7.39. The second-order valence-corrected chi connectivity index (χ2v) is 3.14. The Hall–Kier alpha value is -0.530. The molecule has 0 aromatic heterocycles. The second kappa shape index (κ2) is 3.74. The molecule has 0 bridgehead atoms. The number of amides is 1. The number of carbonyl (C=O) groups excluding carboxylic acids is 1. The van der Waals surface area contributed by atoms with E-state index < -0.39 is 0 Å². The first kappa shape index (κ1) is 8.57. The molecular weight excluding hydrogens is 138 g/mol. The molecule has 63 valence electrons. The monoisotopic (exact) mass is 154 g/mol. The van der Waals surface area contributed by atoms with Crippen molar-refractivity contribution in [3.05, 3.63) is 5.92 Å². The molecule has 2 heteroatoms. The number of nitrogens with zero attached hydrogens (tertiary/aromatic N) is 1. The van der Waals surface area contributed by atoms with Crippen LogP contribution < -0.4 is 0 Å². The zero-order valence-corrected chi connectivity index (χ0v) is 7.39. The Bertz CT molecular complexity index is 144. The fraction of sp³-hybridized carbons (Fsp3) is 0.778. The third-order valence-electron chi connectivity index (χ3n) is 2.30. The van der Waals surface area contributed by atoms with E-state index >= 15 is 0 Å². The van der Waals surface area contributed by atoms with Crippen LogP contribution in [0.2, 0.25) is 0 Å². The van der Waals surface area contributed by atoms with Crippen molar-refractivity contribution >= 4 is 5.91 Å². The molecule has 0 N–H and O–H groups in total. The van der Waals surface area contributed by atoms with Crippen LogP contribution >= 0.6 is 0 Å². The van der Waals surface area contributed by atoms with Crippen LogP contribution in [0.25, 0.3) is 0 Å². The SMILES string of the molecule is CC[C]1CCCCN(C)C1=O. The van der Waals surface area contributed by atoms with Gasteiger partial charge in [0.05, 0.1) is 5.92 Å². The molecule has 2 nitrogen and oxygen atoms in total. The first-order chi connectivity index (χ1) is 5.25. The van der Waals surface area contributed by atoms with Crippen molar-refractivity contribution in [1.82, 2.24) is 4.90 Å². The summed E-state index contributed by atoms with van der Waals surface area (Å²) in [5, 5.41) is 0. The molecule has 11 heavy (non-hydrogen) atoms. The van der Waals surface area contributed by atoms with Gasteiger partial charge in [-0.15, -0.1) is 0 Å². The van der Waals surface area contributed by atoms with Crippen LogP contribution in [-0.4, -0.2) is 24.4 Å². The topological polar surface area (TPSA) is 20.3 Å². The van der Waals surface area contributed by atoms with Gasteiger partial charge < -0.3 is 4.90 Å². The van der Waals surface area contributed by atoms with Gasteiger partial charge in [-0.05, 0) is 19.3 Å². The van der Waals surface area contributed by atoms with Gasteiger partial charge in [0.2, 0.25) is 5.91 Å². The minimum Gasteiger partial charge on any atom is -0.345 e. The molecule has 1 saturated heterocycles. The van der Waals surface area contributed by atoms with Gasteiger partial charge in [-0.25, -0.2) is 0 Å². The third kappa shape index (κ3) is 1.95. The molecular formula is C9H16NO. The van der Waals surface area contributed by atoms with E-state index in [1.165, 1.54) is 6.42 Å². The van der Waals surface area contributed by atoms with Gasteiger partial charge in [0.15, 0.2) is 0 Å². The summed E-state index contributed by atoms with van der Waals surface area (Å²) in [6, 6.07) is 0. The van der Waals surface area contributed by atoms with E-state index in [1.54, 1.807) is 0 Å². The summed E-state index contributed by atoms with van der Waals surface area (Å²) in [6.07, 6.45) is 4.27. The highest BCUT2D eigenvalue weighted by Gasteiger charge is 2.22. The standard InChI is InChI=1S/C9H16NO/c1-3-8-6-4-5-7-10(2)9(8)11/h3-7H2,1-2H3. The predicted octanol–water partition coefficient (Wildman–Crippen LogP) is 1.61. The lowest BCUT2D eigenvalue weighted by Gasteiger charge is -2.17. The predicted molar refractivity (Wildman–Crippen MR) is 45.0 cm³/mol. The molecule has 0 aromatic rings. The molecule has 0 saturated carbocycles. The molecule has 0 aromatic carbocycles. The number of hydrogen-bond donors (Lipinski definition) is 0. The summed E-state index contributed by atoms with van der Waals surface area (Å²) in [5.41, 5.74) is 0. The van der Waals surface area contributed by atoms with Crippen molar-refractivity contribution in [3.63, 3.8) is 0 Å². The largest absolute Gasteiger partial charge is 0.345 e. The van der Waals surface area contributed by atoms with E-state index in [0.29, 0.717) is 0 Å². The van der Waals surface area contributed by atoms with E-state index in [9.17, 15) is 4.79 Å². The number of likely N-dealkylation sites (tertiary alicyclic amines) is 1. The lowest BCUT2D eigenvalue weighted by atomic mass is 10.00. The van der Waals surface area contributed by atoms with Crippen LogP contribution in [0.1, 0.15) is 32.6 Å². The Morgan fingerprint density at radius 2 is 2.18 bits per heavy atom. The number of rotatable bonds is 1. The molecule has 1 fully saturated rings. The van der Waals surface area contributed by atoms with Gasteiger partial charge in [-0.3, -0.25) is 4.79 Å². The van der Waals surface area contributed by atoms with Gasteiger partial charge in [-0.1, -0.05) is 13.3 Å². The highest BCUT2D eigenvalue weighted by molar-refractivity contribution is 5.89. The molecule has 0 spiro atoms. The molecule has 1 aliphatic rings. The highest BCUT2D eigenvalue weighted by Crippen LogP contribution is 2.20. The number of hydrogen-bond acceptors (Lipinski definition) is 1. The Kier molecular flexibility index (Phi) is 2.92. The maximum Gasteiger partial charge on any atom is 0.229 e. The molecule has 1 rings (SSSR count). The Labute approximate surface area is 68.6 Å². The van der Waals surface area contributed by atoms with E-state index in [0.717, 1.165) is 31.7 Å². The van der Waals surface area contributed by atoms with Crippen LogP contribution in [0, 0.1) is 5.92 Å². The Morgan fingerprint density at radius 1 is 1.45 bits per heavy atom. The normalized spacial score (nSPS) is 22.0. The van der Waals surface area contributed by atoms with Gasteiger partial charge in [-0.2, -0.15) is 0 Å². The smallest absolute Gasteiger partial charge is 0.229 e. The summed E-state index contributed by atoms with van der Waals surface area (Å²) in [4.78, 5) is 13.3. The van der Waals surface area contributed by atoms with Crippen LogP contribution in [0.5, 0.6) is 0 Å². The maximum atomic E-state index is 11.5. The van der Waals surface area contributed by atoms with Gasteiger partial charge in [0.25, 0.3) is 0 Å². The fourth-order valence-corrected chi connectivity index (χ4v) is 1.49. The van der Waals surface area contributed by atoms with Crippen molar-refractivity contribution in [2.45, 2.75) is 32.6 Å². The van der Waals surface area contributed by atoms with Crippen molar-refractivity contribution in [2.24, 2.45) is 0 Å². The zero-order chi connectivity index (χ0) is 8.27. The molecule has 1 radical (unpaired) electrons. The number of carbonyl (C=O) groups is 1. The Morgan fingerprint density at radius 3 is 2.82 bits per heavy atom. The van der Waals surface area contributed by atoms with Crippen LogP contribution in [0.15, 0.2) is 0 Å². The van der Waals surface area contributed by atoms with Crippen LogP contribution in [0.3, 0.4) is 0 Å². The lowest BCUT2D eigenvalue weighted by Crippen LogP contribution is -2.29. The van der Waals surface area contributed by atoms with Crippen LogP contribution in [-0.2, 0) is 4.79 Å². The quantitative estimate of drug-likeness (QED) is 0.562. The van der Waals surface area contributed by atoms with Crippen molar-refractivity contribution in [2.75, 3.05) is 13.6 Å². The average Bonchev–Trinajstić information content (AvgIpc) is 2.16. The summed E-state index contributed by atoms with van der Waals surface area (Å²) < 4.78 is 0. The van der Waals surface area contributed by atoms with Gasteiger partial charge in [0.1, 0.15) is 0 Å². The molecule has 0 aliphatic carbocycles. The molecule has 1 heterocycles. The summed E-state index contributed by atoms with van der Waals surface area (Å²) in [5.74, 6) is 1.37. The first-order valence-corrected chi connectivity index (χ1v) is 4.36. The van der Waals surface area contributed by atoms with E-state index in [1.807, 2.05) is 11.9 Å². The van der Waals surface area contributed by atoms with Crippen LogP contribution in [0.4, 0.5) is 0 Å². The fourth-order valence-electron chi connectivity index (χ4n) is 1.49. The summed E-state index contributed by atoms with van der Waals surface area (Å²) in [7, 11) is 1.89. The third-order valence-corrected chi connectivity index (χ3v) is 2.30. The average molecular weight is 154 g/mol. The van der Waals surface area contributed by atoms with E-state index in [2.05, 4.69) is 6.92 Å². The second-order valence-electron chi connectivity index (χ2n) is 3.14. The molecule has 1 aliphatic heterocycles. The van der Waals surface area contributed by atoms with Crippen molar-refractivity contribution in [3.8, 4) is 0 Å². The molecule has 0 atom stereocenters. The minimum atomic E-state index is 0.269. The minimum absolute atomic E-state index is 0.269. The van der Waals surface area contributed by atoms with Gasteiger partial charge >= 0.3 is 0 Å². The van der Waals surface area contributed by atoms with Gasteiger partial charge in [0, 0.05) is 13.6 Å². The molecule has 1 amide bonds. The van der Waals surface area contributed by atoms with Crippen molar-refractivity contribution in [1.29, 1.82) is 0 Å².